The van der Waals surface area contributed by atoms with Crippen molar-refractivity contribution in [2.75, 3.05) is 13.2 Å². The van der Waals surface area contributed by atoms with Crippen molar-refractivity contribution in [3.63, 3.8) is 0 Å². The molecule has 16 heavy (non-hydrogen) atoms. The molecule has 0 aliphatic heterocycles. The summed E-state index contributed by atoms with van der Waals surface area (Å²) in [6.07, 6.45) is 2.02. The Labute approximate surface area is 106 Å². The van der Waals surface area contributed by atoms with Crippen molar-refractivity contribution in [2.45, 2.75) is 19.8 Å². The number of halogens is 1. The first-order valence-electron chi connectivity index (χ1n) is 5.39. The number of hydrogen-bond acceptors (Lipinski definition) is 2. The minimum absolute atomic E-state index is 0.556. The van der Waals surface area contributed by atoms with Crippen molar-refractivity contribution in [3.8, 4) is 5.75 Å². The first-order chi connectivity index (χ1) is 7.63. The zero-order chi connectivity index (χ0) is 12.0. The number of hydrogen-bond donors (Lipinski definition) is 1. The van der Waals surface area contributed by atoms with Crippen molar-refractivity contribution in [2.24, 2.45) is 5.73 Å². The van der Waals surface area contributed by atoms with Gasteiger partial charge in [-0.1, -0.05) is 12.6 Å². The Morgan fingerprint density at radius 3 is 2.81 bits per heavy atom. The normalized spacial score (nSPS) is 10.2. The zero-order valence-corrected chi connectivity index (χ0v) is 11.2. The molecule has 0 aliphatic rings. The Balaban J connectivity index is 2.63. The summed E-state index contributed by atoms with van der Waals surface area (Å²) in [6, 6.07) is 6.15. The minimum atomic E-state index is 0.556. The lowest BCUT2D eigenvalue weighted by molar-refractivity contribution is 0.350. The van der Waals surface area contributed by atoms with Crippen LogP contribution in [0, 0.1) is 0 Å². The summed E-state index contributed by atoms with van der Waals surface area (Å²) in [5, 5.41) is 0. The molecule has 88 valence electrons. The van der Waals surface area contributed by atoms with E-state index >= 15 is 0 Å². The highest BCUT2D eigenvalue weighted by molar-refractivity contribution is 9.10. The number of nitrogens with two attached hydrogens (primary N) is 1. The van der Waals surface area contributed by atoms with E-state index in [0.717, 1.165) is 35.2 Å². The molecule has 0 amide bonds. The number of aryl methyl sites for hydroxylation is 1. The quantitative estimate of drug-likeness (QED) is 0.813. The van der Waals surface area contributed by atoms with Crippen molar-refractivity contribution >= 4 is 15.9 Å². The fourth-order valence-corrected chi connectivity index (χ4v) is 1.86. The smallest absolute Gasteiger partial charge is 0.133 e. The monoisotopic (exact) mass is 283 g/mol. The highest BCUT2D eigenvalue weighted by atomic mass is 79.9. The van der Waals surface area contributed by atoms with Gasteiger partial charge in [0, 0.05) is 0 Å². The summed E-state index contributed by atoms with van der Waals surface area (Å²) in [7, 11) is 0. The lowest BCUT2D eigenvalue weighted by Gasteiger charge is -2.09. The Hall–Kier alpha value is -0.800. The Bertz CT molecular complexity index is 363. The number of benzene rings is 1. The minimum Gasteiger partial charge on any atom is -0.488 e. The molecule has 2 nitrogen and oxygen atoms in total. The van der Waals surface area contributed by atoms with Crippen LogP contribution in [-0.2, 0) is 6.42 Å². The van der Waals surface area contributed by atoms with Gasteiger partial charge in [-0.15, -0.1) is 0 Å². The van der Waals surface area contributed by atoms with Gasteiger partial charge in [0.05, 0.1) is 4.47 Å². The first kappa shape index (κ1) is 13.3. The fraction of sp³-hybridized carbons (Fsp3) is 0.385. The molecule has 0 atom stereocenters. The van der Waals surface area contributed by atoms with Gasteiger partial charge in [0.15, 0.2) is 0 Å². The summed E-state index contributed by atoms with van der Waals surface area (Å²) in [5.41, 5.74) is 7.77. The molecule has 0 aromatic heterocycles. The van der Waals surface area contributed by atoms with Gasteiger partial charge in [-0.25, -0.2) is 0 Å². The molecule has 1 rings (SSSR count). The van der Waals surface area contributed by atoms with E-state index in [0.29, 0.717) is 6.61 Å². The molecule has 1 aromatic rings. The van der Waals surface area contributed by atoms with Crippen LogP contribution in [0.1, 0.15) is 18.9 Å². The van der Waals surface area contributed by atoms with Crippen molar-refractivity contribution in [3.05, 3.63) is 40.4 Å². The summed E-state index contributed by atoms with van der Waals surface area (Å²) in [6.45, 7) is 7.04. The molecule has 0 heterocycles. The average molecular weight is 284 g/mol. The molecule has 0 aliphatic carbocycles. The van der Waals surface area contributed by atoms with Crippen LogP contribution in [0.2, 0.25) is 0 Å². The van der Waals surface area contributed by atoms with Crippen LogP contribution in [0.4, 0.5) is 0 Å². The van der Waals surface area contributed by atoms with E-state index in [1.807, 2.05) is 13.0 Å². The summed E-state index contributed by atoms with van der Waals surface area (Å²) >= 11 is 3.50. The third kappa shape index (κ3) is 4.37. The molecule has 0 saturated carbocycles. The number of rotatable bonds is 6. The van der Waals surface area contributed by atoms with Gasteiger partial charge in [-0.05, 0) is 65.5 Å². The molecule has 0 saturated heterocycles. The average Bonchev–Trinajstić information content (AvgIpc) is 2.24. The van der Waals surface area contributed by atoms with Gasteiger partial charge in [0.1, 0.15) is 12.4 Å². The van der Waals surface area contributed by atoms with E-state index in [-0.39, 0.29) is 0 Å². The molecule has 0 radical (unpaired) electrons. The highest BCUT2D eigenvalue weighted by Gasteiger charge is 2.02. The molecule has 0 bridgehead atoms. The van der Waals surface area contributed by atoms with E-state index in [2.05, 4.69) is 34.6 Å². The van der Waals surface area contributed by atoms with E-state index in [1.54, 1.807) is 0 Å². The van der Waals surface area contributed by atoms with Crippen LogP contribution in [0.25, 0.3) is 0 Å². The Kier molecular flexibility index (Phi) is 5.56. The van der Waals surface area contributed by atoms with Gasteiger partial charge in [-0.3, -0.25) is 0 Å². The van der Waals surface area contributed by atoms with Crippen LogP contribution in [-0.4, -0.2) is 13.2 Å². The molecule has 0 spiro atoms. The second-order valence-corrected chi connectivity index (χ2v) is 4.76. The molecular formula is C13H18BrNO. The summed E-state index contributed by atoms with van der Waals surface area (Å²) in [5.74, 6) is 0.861. The van der Waals surface area contributed by atoms with E-state index in [1.165, 1.54) is 5.56 Å². The van der Waals surface area contributed by atoms with Gasteiger partial charge >= 0.3 is 0 Å². The molecule has 0 fully saturated rings. The largest absolute Gasteiger partial charge is 0.488 e. The predicted molar refractivity (Wildman–Crippen MR) is 71.8 cm³/mol. The molecule has 0 unspecified atom stereocenters. The maximum atomic E-state index is 5.59. The fourth-order valence-electron chi connectivity index (χ4n) is 1.32. The highest BCUT2D eigenvalue weighted by Crippen LogP contribution is 2.26. The maximum Gasteiger partial charge on any atom is 0.133 e. The SMILES string of the molecule is C=C(C)COc1ccc(CCCN)cc1Br. The second-order valence-electron chi connectivity index (χ2n) is 3.90. The topological polar surface area (TPSA) is 35.2 Å². The first-order valence-corrected chi connectivity index (χ1v) is 6.18. The number of ether oxygens (including phenoxy) is 1. The van der Waals surface area contributed by atoms with Crippen LogP contribution in [0.5, 0.6) is 5.75 Å². The van der Waals surface area contributed by atoms with Crippen LogP contribution < -0.4 is 10.5 Å². The van der Waals surface area contributed by atoms with Gasteiger partial charge in [-0.2, -0.15) is 0 Å². The van der Waals surface area contributed by atoms with Gasteiger partial charge in [0.2, 0.25) is 0 Å². The lowest BCUT2D eigenvalue weighted by atomic mass is 10.1. The van der Waals surface area contributed by atoms with Crippen molar-refractivity contribution in [1.82, 2.24) is 0 Å². The van der Waals surface area contributed by atoms with Crippen LogP contribution in [0.3, 0.4) is 0 Å². The lowest BCUT2D eigenvalue weighted by Crippen LogP contribution is -2.01. The third-order valence-electron chi connectivity index (χ3n) is 2.14. The molecule has 3 heteroatoms. The standard InChI is InChI=1S/C13H18BrNO/c1-10(2)9-16-13-6-5-11(4-3-7-15)8-12(13)14/h5-6,8H,1,3-4,7,9,15H2,2H3. The third-order valence-corrected chi connectivity index (χ3v) is 2.76. The van der Waals surface area contributed by atoms with Gasteiger partial charge in [0.25, 0.3) is 0 Å². The second kappa shape index (κ2) is 6.71. The maximum absolute atomic E-state index is 5.59. The molecule has 1 aromatic carbocycles. The zero-order valence-electron chi connectivity index (χ0n) is 9.63. The summed E-state index contributed by atoms with van der Waals surface area (Å²) < 4.78 is 6.58. The van der Waals surface area contributed by atoms with Crippen LogP contribution >= 0.6 is 15.9 Å². The Morgan fingerprint density at radius 1 is 1.50 bits per heavy atom. The van der Waals surface area contributed by atoms with E-state index < -0.39 is 0 Å². The van der Waals surface area contributed by atoms with Gasteiger partial charge < -0.3 is 10.5 Å². The van der Waals surface area contributed by atoms with E-state index in [9.17, 15) is 0 Å². The molecule has 2 N–H and O–H groups in total. The van der Waals surface area contributed by atoms with E-state index in [4.69, 9.17) is 10.5 Å². The van der Waals surface area contributed by atoms with Crippen LogP contribution in [0.15, 0.2) is 34.8 Å². The summed E-state index contributed by atoms with van der Waals surface area (Å²) in [4.78, 5) is 0. The van der Waals surface area contributed by atoms with Crippen molar-refractivity contribution < 1.29 is 4.74 Å². The van der Waals surface area contributed by atoms with Crippen molar-refractivity contribution in [1.29, 1.82) is 0 Å². The Morgan fingerprint density at radius 2 is 2.25 bits per heavy atom. The molecular weight excluding hydrogens is 266 g/mol. The predicted octanol–water partition coefficient (Wildman–Crippen LogP) is 3.30.